The molecule has 0 bridgehead atoms. The predicted molar refractivity (Wildman–Crippen MR) is 120 cm³/mol. The molecular formula is C24H28ClN3O. The zero-order valence-corrected chi connectivity index (χ0v) is 17.9. The van der Waals surface area contributed by atoms with Gasteiger partial charge in [0.25, 0.3) is 0 Å². The monoisotopic (exact) mass is 409 g/mol. The smallest absolute Gasteiger partial charge is 0.0755 e. The molecule has 1 saturated heterocycles. The van der Waals surface area contributed by atoms with Crippen LogP contribution in [-0.4, -0.2) is 59.2 Å². The van der Waals surface area contributed by atoms with Crippen LogP contribution in [0.5, 0.6) is 0 Å². The minimum absolute atomic E-state index is 0.230. The number of pyridine rings is 1. The van der Waals surface area contributed by atoms with Crippen LogP contribution in [-0.2, 0) is 6.54 Å². The molecule has 5 heteroatoms. The van der Waals surface area contributed by atoms with E-state index in [1.807, 2.05) is 18.2 Å². The number of hydrogen-bond acceptors (Lipinski definition) is 4. The van der Waals surface area contributed by atoms with Crippen LogP contribution < -0.4 is 0 Å². The first-order valence-electron chi connectivity index (χ1n) is 10.2. The summed E-state index contributed by atoms with van der Waals surface area (Å²) in [6.07, 6.45) is 0.809. The van der Waals surface area contributed by atoms with Crippen molar-refractivity contribution in [3.05, 3.63) is 64.7 Å². The zero-order chi connectivity index (χ0) is 20.4. The van der Waals surface area contributed by atoms with Crippen LogP contribution in [0.3, 0.4) is 0 Å². The highest BCUT2D eigenvalue weighted by atomic mass is 35.5. The lowest BCUT2D eigenvalue weighted by molar-refractivity contribution is 0.0744. The van der Waals surface area contributed by atoms with Crippen molar-refractivity contribution in [2.75, 3.05) is 33.3 Å². The topological polar surface area (TPSA) is 39.6 Å². The van der Waals surface area contributed by atoms with Gasteiger partial charge >= 0.3 is 0 Å². The van der Waals surface area contributed by atoms with Crippen molar-refractivity contribution in [1.82, 2.24) is 14.8 Å². The first-order chi connectivity index (χ1) is 14.0. The molecule has 3 aromatic rings. The van der Waals surface area contributed by atoms with Crippen LogP contribution in [0.2, 0.25) is 5.02 Å². The Balaban J connectivity index is 1.73. The Labute approximate surface area is 177 Å². The number of benzene rings is 2. The maximum Gasteiger partial charge on any atom is 0.0755 e. The summed E-state index contributed by atoms with van der Waals surface area (Å²) in [7, 11) is 2.15. The number of aliphatic hydroxyl groups is 1. The fourth-order valence-electron chi connectivity index (χ4n) is 4.25. The van der Waals surface area contributed by atoms with Crippen molar-refractivity contribution >= 4 is 22.5 Å². The molecule has 0 amide bonds. The number of piperazine rings is 1. The first-order valence-corrected chi connectivity index (χ1v) is 10.6. The van der Waals surface area contributed by atoms with E-state index < -0.39 is 0 Å². The van der Waals surface area contributed by atoms with E-state index in [0.29, 0.717) is 6.04 Å². The molecule has 1 fully saturated rings. The van der Waals surface area contributed by atoms with Crippen LogP contribution in [0, 0.1) is 6.92 Å². The fourth-order valence-corrected chi connectivity index (χ4v) is 4.44. The highest BCUT2D eigenvalue weighted by Gasteiger charge is 2.25. The molecule has 1 aliphatic rings. The van der Waals surface area contributed by atoms with Gasteiger partial charge in [-0.1, -0.05) is 41.9 Å². The Kier molecular flexibility index (Phi) is 6.16. The summed E-state index contributed by atoms with van der Waals surface area (Å²) >= 11 is 6.29. The highest BCUT2D eigenvalue weighted by molar-refractivity contribution is 6.30. The lowest BCUT2D eigenvalue weighted by Crippen LogP contribution is -2.51. The SMILES string of the molecule is Cc1cccc2cc(CN3CCN(C)[C@H](CCO)C3)c(-c3cccc(Cl)c3)nc12. The van der Waals surface area contributed by atoms with E-state index in [-0.39, 0.29) is 6.61 Å². The number of para-hydroxylation sites is 1. The predicted octanol–water partition coefficient (Wildman–Crippen LogP) is 4.36. The number of fused-ring (bicyclic) bond motifs is 1. The molecule has 2 heterocycles. The largest absolute Gasteiger partial charge is 0.396 e. The first kappa shape index (κ1) is 20.3. The second-order valence-corrected chi connectivity index (χ2v) is 8.47. The molecule has 4 nitrogen and oxygen atoms in total. The number of rotatable bonds is 5. The number of aliphatic hydroxyl groups excluding tert-OH is 1. The van der Waals surface area contributed by atoms with Crippen LogP contribution >= 0.6 is 11.6 Å². The molecule has 0 aliphatic carbocycles. The van der Waals surface area contributed by atoms with Gasteiger partial charge in [-0.15, -0.1) is 0 Å². The Bertz CT molecular complexity index is 1010. The second kappa shape index (κ2) is 8.80. The van der Waals surface area contributed by atoms with Gasteiger partial charge in [-0.3, -0.25) is 4.90 Å². The quantitative estimate of drug-likeness (QED) is 0.679. The van der Waals surface area contributed by atoms with E-state index >= 15 is 0 Å². The molecule has 152 valence electrons. The van der Waals surface area contributed by atoms with E-state index in [2.05, 4.69) is 54.1 Å². The average Bonchev–Trinajstić information content (AvgIpc) is 2.70. The number of aromatic nitrogens is 1. The fraction of sp³-hybridized carbons (Fsp3) is 0.375. The number of aryl methyl sites for hydroxylation is 1. The zero-order valence-electron chi connectivity index (χ0n) is 17.1. The van der Waals surface area contributed by atoms with Crippen molar-refractivity contribution in [2.24, 2.45) is 0 Å². The van der Waals surface area contributed by atoms with Gasteiger partial charge < -0.3 is 10.0 Å². The van der Waals surface area contributed by atoms with Gasteiger partial charge in [0.15, 0.2) is 0 Å². The average molecular weight is 410 g/mol. The lowest BCUT2D eigenvalue weighted by Gasteiger charge is -2.39. The summed E-state index contributed by atoms with van der Waals surface area (Å²) in [5.74, 6) is 0. The van der Waals surface area contributed by atoms with E-state index in [4.69, 9.17) is 16.6 Å². The minimum Gasteiger partial charge on any atom is -0.396 e. The molecule has 1 aromatic heterocycles. The van der Waals surface area contributed by atoms with Crippen LogP contribution in [0.15, 0.2) is 48.5 Å². The van der Waals surface area contributed by atoms with Gasteiger partial charge in [-0.25, -0.2) is 4.98 Å². The Morgan fingerprint density at radius 2 is 1.97 bits per heavy atom. The van der Waals surface area contributed by atoms with Crippen LogP contribution in [0.4, 0.5) is 0 Å². The molecular weight excluding hydrogens is 382 g/mol. The van der Waals surface area contributed by atoms with Gasteiger partial charge in [-0.2, -0.15) is 0 Å². The molecule has 0 spiro atoms. The highest BCUT2D eigenvalue weighted by Crippen LogP contribution is 2.30. The molecule has 0 radical (unpaired) electrons. The van der Waals surface area contributed by atoms with Crippen molar-refractivity contribution in [2.45, 2.75) is 25.9 Å². The standard InChI is InChI=1S/C24H28ClN3O/c1-17-5-3-6-18-13-20(15-28-11-10-27(2)22(16-28)9-12-29)24(26-23(17)18)19-7-4-8-21(25)14-19/h3-8,13-14,22,29H,9-12,15-16H2,1-2H3/t22-/m1/s1. The Hall–Kier alpha value is -1.98. The van der Waals surface area contributed by atoms with E-state index in [1.54, 1.807) is 0 Å². The molecule has 29 heavy (non-hydrogen) atoms. The van der Waals surface area contributed by atoms with Crippen molar-refractivity contribution in [3.63, 3.8) is 0 Å². The Morgan fingerprint density at radius 3 is 2.76 bits per heavy atom. The normalized spacial score (nSPS) is 18.4. The number of nitrogens with zero attached hydrogens (tertiary/aromatic N) is 3. The van der Waals surface area contributed by atoms with E-state index in [9.17, 15) is 5.11 Å². The van der Waals surface area contributed by atoms with E-state index in [1.165, 1.54) is 16.5 Å². The summed E-state index contributed by atoms with van der Waals surface area (Å²) in [5.41, 5.74) is 5.51. The van der Waals surface area contributed by atoms with E-state index in [0.717, 1.165) is 54.4 Å². The molecule has 4 rings (SSSR count). The van der Waals surface area contributed by atoms with Crippen molar-refractivity contribution in [3.8, 4) is 11.3 Å². The van der Waals surface area contributed by atoms with Crippen LogP contribution in [0.25, 0.3) is 22.2 Å². The molecule has 2 aromatic carbocycles. The molecule has 1 N–H and O–H groups in total. The third-order valence-corrected chi connectivity index (χ3v) is 6.18. The lowest BCUT2D eigenvalue weighted by atomic mass is 10.0. The van der Waals surface area contributed by atoms with Gasteiger partial charge in [0.1, 0.15) is 0 Å². The Morgan fingerprint density at radius 1 is 1.14 bits per heavy atom. The third-order valence-electron chi connectivity index (χ3n) is 5.94. The summed E-state index contributed by atoms with van der Waals surface area (Å²) < 4.78 is 0. The summed E-state index contributed by atoms with van der Waals surface area (Å²) in [6, 6.07) is 17.0. The number of likely N-dealkylation sites (N-methyl/N-ethyl adjacent to an activating group) is 1. The molecule has 1 atom stereocenters. The third kappa shape index (κ3) is 4.46. The summed E-state index contributed by atoms with van der Waals surface area (Å²) in [6.45, 7) is 6.16. The van der Waals surface area contributed by atoms with Gasteiger partial charge in [0, 0.05) is 54.8 Å². The molecule has 0 saturated carbocycles. The number of hydrogen-bond donors (Lipinski definition) is 1. The summed E-state index contributed by atoms with van der Waals surface area (Å²) in [4.78, 5) is 9.92. The van der Waals surface area contributed by atoms with Gasteiger partial charge in [0.2, 0.25) is 0 Å². The number of halogens is 1. The van der Waals surface area contributed by atoms with Crippen molar-refractivity contribution in [1.29, 1.82) is 0 Å². The maximum absolute atomic E-state index is 9.41. The molecule has 0 unspecified atom stereocenters. The minimum atomic E-state index is 0.230. The maximum atomic E-state index is 9.41. The van der Waals surface area contributed by atoms with Crippen LogP contribution in [0.1, 0.15) is 17.5 Å². The van der Waals surface area contributed by atoms with Crippen molar-refractivity contribution < 1.29 is 5.11 Å². The van der Waals surface area contributed by atoms with Gasteiger partial charge in [0.05, 0.1) is 11.2 Å². The summed E-state index contributed by atoms with van der Waals surface area (Å²) in [5, 5.41) is 11.3. The second-order valence-electron chi connectivity index (χ2n) is 8.03. The molecule has 1 aliphatic heterocycles. The van der Waals surface area contributed by atoms with Gasteiger partial charge in [-0.05, 0) is 49.7 Å².